The van der Waals surface area contributed by atoms with Crippen LogP contribution in [-0.2, 0) is 6.54 Å². The molecule has 0 bridgehead atoms. The first-order valence-corrected chi connectivity index (χ1v) is 8.14. The van der Waals surface area contributed by atoms with Crippen LogP contribution in [0.1, 0.15) is 35.2 Å². The number of terminal acetylenes is 1. The number of nitrogens with one attached hydrogen (secondary N) is 1. The number of aromatic nitrogens is 2. The Morgan fingerprint density at radius 3 is 2.72 bits per heavy atom. The SMILES string of the molecule is C#CCCC1(CCNC(=O)c2cnn(Cc3ccccc3)c2N)N=N1. The average molecular weight is 336 g/mol. The molecule has 3 rings (SSSR count). The maximum absolute atomic E-state index is 12.3. The lowest BCUT2D eigenvalue weighted by atomic mass is 10.0. The molecule has 1 aromatic carbocycles. The Bertz CT molecular complexity index is 812. The van der Waals surface area contributed by atoms with Crippen LogP contribution < -0.4 is 11.1 Å². The minimum atomic E-state index is -0.400. The van der Waals surface area contributed by atoms with Gasteiger partial charge < -0.3 is 11.1 Å². The van der Waals surface area contributed by atoms with E-state index in [1.807, 2.05) is 30.3 Å². The topological polar surface area (TPSA) is 97.7 Å². The van der Waals surface area contributed by atoms with E-state index in [-0.39, 0.29) is 5.91 Å². The number of nitrogens with two attached hydrogens (primary N) is 1. The lowest BCUT2D eigenvalue weighted by Gasteiger charge is -2.10. The van der Waals surface area contributed by atoms with Gasteiger partial charge in [-0.05, 0) is 5.56 Å². The van der Waals surface area contributed by atoms with E-state index in [0.29, 0.717) is 37.3 Å². The molecule has 0 radical (unpaired) electrons. The molecule has 1 amide bonds. The highest BCUT2D eigenvalue weighted by molar-refractivity contribution is 5.98. The predicted molar refractivity (Wildman–Crippen MR) is 94.8 cm³/mol. The quantitative estimate of drug-likeness (QED) is 0.723. The molecule has 0 saturated heterocycles. The molecule has 1 aromatic heterocycles. The molecule has 25 heavy (non-hydrogen) atoms. The smallest absolute Gasteiger partial charge is 0.256 e. The van der Waals surface area contributed by atoms with Gasteiger partial charge in [-0.2, -0.15) is 15.3 Å². The van der Waals surface area contributed by atoms with Crippen LogP contribution >= 0.6 is 0 Å². The van der Waals surface area contributed by atoms with Crippen molar-refractivity contribution in [1.82, 2.24) is 15.1 Å². The molecule has 7 nitrogen and oxygen atoms in total. The number of nitrogen functional groups attached to an aromatic ring is 1. The number of anilines is 1. The number of carbonyl (C=O) groups excluding carboxylic acids is 1. The van der Waals surface area contributed by atoms with Crippen molar-refractivity contribution < 1.29 is 4.79 Å². The summed E-state index contributed by atoms with van der Waals surface area (Å²) in [5.41, 5.74) is 7.11. The number of rotatable bonds is 8. The van der Waals surface area contributed by atoms with E-state index in [0.717, 1.165) is 12.0 Å². The molecule has 0 atom stereocenters. The molecular weight excluding hydrogens is 316 g/mol. The van der Waals surface area contributed by atoms with Gasteiger partial charge in [-0.15, -0.1) is 12.3 Å². The van der Waals surface area contributed by atoms with E-state index in [1.165, 1.54) is 6.20 Å². The van der Waals surface area contributed by atoms with Crippen LogP contribution in [0.4, 0.5) is 5.82 Å². The summed E-state index contributed by atoms with van der Waals surface area (Å²) >= 11 is 0. The Morgan fingerprint density at radius 2 is 2.04 bits per heavy atom. The molecule has 3 N–H and O–H groups in total. The Labute approximate surface area is 146 Å². The number of amides is 1. The molecule has 2 heterocycles. The van der Waals surface area contributed by atoms with Crippen molar-refractivity contribution in [3.8, 4) is 12.3 Å². The van der Waals surface area contributed by atoms with Gasteiger partial charge in [0, 0.05) is 25.8 Å². The van der Waals surface area contributed by atoms with Crippen LogP contribution in [0.15, 0.2) is 46.8 Å². The third-order valence-electron chi connectivity index (χ3n) is 4.16. The Hall–Kier alpha value is -3.14. The molecule has 7 heteroatoms. The van der Waals surface area contributed by atoms with Crippen molar-refractivity contribution >= 4 is 11.7 Å². The fraction of sp³-hybridized carbons (Fsp3) is 0.333. The second-order valence-corrected chi connectivity index (χ2v) is 5.98. The van der Waals surface area contributed by atoms with Crippen molar-refractivity contribution in [3.05, 3.63) is 47.7 Å². The molecule has 128 valence electrons. The van der Waals surface area contributed by atoms with Gasteiger partial charge in [0.1, 0.15) is 11.4 Å². The van der Waals surface area contributed by atoms with Crippen molar-refractivity contribution in [2.24, 2.45) is 10.2 Å². The van der Waals surface area contributed by atoms with Gasteiger partial charge in [-0.25, -0.2) is 4.68 Å². The van der Waals surface area contributed by atoms with Crippen LogP contribution in [0.25, 0.3) is 0 Å². The average Bonchev–Trinajstić information content (AvgIpc) is 3.31. The van der Waals surface area contributed by atoms with E-state index in [4.69, 9.17) is 12.2 Å². The zero-order valence-corrected chi connectivity index (χ0v) is 13.9. The maximum Gasteiger partial charge on any atom is 0.256 e. The van der Waals surface area contributed by atoms with Crippen LogP contribution in [0.3, 0.4) is 0 Å². The minimum absolute atomic E-state index is 0.246. The molecule has 0 spiro atoms. The molecule has 1 aliphatic heterocycles. The highest BCUT2D eigenvalue weighted by Crippen LogP contribution is 2.36. The summed E-state index contributed by atoms with van der Waals surface area (Å²) in [7, 11) is 0. The first-order chi connectivity index (χ1) is 12.1. The molecule has 0 saturated carbocycles. The fourth-order valence-electron chi connectivity index (χ4n) is 2.59. The summed E-state index contributed by atoms with van der Waals surface area (Å²) in [6, 6.07) is 9.82. The van der Waals surface area contributed by atoms with Gasteiger partial charge in [0.2, 0.25) is 0 Å². The summed E-state index contributed by atoms with van der Waals surface area (Å²) in [6.07, 6.45) is 8.74. The van der Waals surface area contributed by atoms with Gasteiger partial charge in [0.15, 0.2) is 5.66 Å². The second-order valence-electron chi connectivity index (χ2n) is 5.98. The predicted octanol–water partition coefficient (Wildman–Crippen LogP) is 2.21. The zero-order valence-electron chi connectivity index (χ0n) is 13.9. The summed E-state index contributed by atoms with van der Waals surface area (Å²) in [5, 5.41) is 15.2. The number of nitrogens with zero attached hydrogens (tertiary/aromatic N) is 4. The summed E-state index contributed by atoms with van der Waals surface area (Å²) in [5.74, 6) is 2.69. The Morgan fingerprint density at radius 1 is 1.28 bits per heavy atom. The molecule has 2 aromatic rings. The molecular formula is C18H20N6O. The van der Waals surface area contributed by atoms with E-state index >= 15 is 0 Å². The Balaban J connectivity index is 1.54. The third kappa shape index (κ3) is 4.04. The first kappa shape index (κ1) is 16.7. The van der Waals surface area contributed by atoms with Crippen LogP contribution in [0, 0.1) is 12.3 Å². The lowest BCUT2D eigenvalue weighted by molar-refractivity contribution is 0.0952. The maximum atomic E-state index is 12.3. The zero-order chi connectivity index (χ0) is 17.7. The van der Waals surface area contributed by atoms with Crippen LogP contribution in [0.5, 0.6) is 0 Å². The standard InChI is InChI=1S/C18H20N6O/c1-2-3-9-18(22-23-18)10-11-20-17(25)15-12-21-24(16(15)19)13-14-7-5-4-6-8-14/h1,4-8,12H,3,9-11,13,19H2,(H,20,25). The number of hydrogen-bond acceptors (Lipinski definition) is 5. The highest BCUT2D eigenvalue weighted by atomic mass is 16.1. The third-order valence-corrected chi connectivity index (χ3v) is 4.16. The lowest BCUT2D eigenvalue weighted by Crippen LogP contribution is -2.28. The van der Waals surface area contributed by atoms with E-state index in [2.05, 4.69) is 26.6 Å². The van der Waals surface area contributed by atoms with Gasteiger partial charge in [-0.1, -0.05) is 30.3 Å². The van der Waals surface area contributed by atoms with Gasteiger partial charge in [0.25, 0.3) is 5.91 Å². The second kappa shape index (κ2) is 7.18. The van der Waals surface area contributed by atoms with Crippen LogP contribution in [-0.4, -0.2) is 27.9 Å². The molecule has 0 aliphatic carbocycles. The normalized spacial score (nSPS) is 14.0. The number of benzene rings is 1. The Kier molecular flexibility index (Phi) is 4.80. The molecule has 0 fully saturated rings. The summed E-state index contributed by atoms with van der Waals surface area (Å²) < 4.78 is 1.62. The summed E-state index contributed by atoms with van der Waals surface area (Å²) in [6.45, 7) is 0.979. The van der Waals surface area contributed by atoms with E-state index < -0.39 is 5.66 Å². The van der Waals surface area contributed by atoms with Crippen molar-refractivity contribution in [3.63, 3.8) is 0 Å². The minimum Gasteiger partial charge on any atom is -0.383 e. The van der Waals surface area contributed by atoms with Crippen LogP contribution in [0.2, 0.25) is 0 Å². The monoisotopic (exact) mass is 336 g/mol. The number of hydrogen-bond donors (Lipinski definition) is 2. The number of carbonyl (C=O) groups is 1. The van der Waals surface area contributed by atoms with Crippen molar-refractivity contribution in [2.75, 3.05) is 12.3 Å². The van der Waals surface area contributed by atoms with E-state index in [9.17, 15) is 4.79 Å². The molecule has 0 unspecified atom stereocenters. The fourth-order valence-corrected chi connectivity index (χ4v) is 2.59. The van der Waals surface area contributed by atoms with Gasteiger partial charge in [-0.3, -0.25) is 4.79 Å². The highest BCUT2D eigenvalue weighted by Gasteiger charge is 2.38. The summed E-state index contributed by atoms with van der Waals surface area (Å²) in [4.78, 5) is 12.3. The first-order valence-electron chi connectivity index (χ1n) is 8.14. The largest absolute Gasteiger partial charge is 0.383 e. The van der Waals surface area contributed by atoms with Gasteiger partial charge >= 0.3 is 0 Å². The van der Waals surface area contributed by atoms with Crippen molar-refractivity contribution in [2.45, 2.75) is 31.5 Å². The van der Waals surface area contributed by atoms with Crippen molar-refractivity contribution in [1.29, 1.82) is 0 Å². The van der Waals surface area contributed by atoms with Gasteiger partial charge in [0.05, 0.1) is 12.7 Å². The molecule has 1 aliphatic rings. The van der Waals surface area contributed by atoms with E-state index in [1.54, 1.807) is 4.68 Å².